The number of rotatable bonds is 5. The third kappa shape index (κ3) is 4.98. The molecule has 2 aromatic rings. The average Bonchev–Trinajstić information content (AvgIpc) is 3.11. The molecule has 2 atom stereocenters. The second kappa shape index (κ2) is 8.98. The zero-order chi connectivity index (χ0) is 20.2. The summed E-state index contributed by atoms with van der Waals surface area (Å²) in [5.74, 6) is -0.0334. The Balaban J connectivity index is 1.35. The smallest absolute Gasteiger partial charge is 0.224 e. The quantitative estimate of drug-likeness (QED) is 0.810. The van der Waals surface area contributed by atoms with E-state index in [1.54, 1.807) is 12.1 Å². The molecule has 2 heterocycles. The minimum absolute atomic E-state index is 0.116. The van der Waals surface area contributed by atoms with Gasteiger partial charge >= 0.3 is 0 Å². The van der Waals surface area contributed by atoms with Gasteiger partial charge < -0.3 is 9.80 Å². The van der Waals surface area contributed by atoms with E-state index < -0.39 is 0 Å². The second-order valence-electron chi connectivity index (χ2n) is 7.81. The van der Waals surface area contributed by atoms with Crippen LogP contribution in [-0.2, 0) is 11.3 Å². The molecule has 2 aliphatic heterocycles. The minimum atomic E-state index is -0.267. The van der Waals surface area contributed by atoms with Gasteiger partial charge in [-0.25, -0.2) is 14.2 Å². The number of carbonyl (C=O) groups is 1. The first-order valence-corrected chi connectivity index (χ1v) is 10.1. The van der Waals surface area contributed by atoms with Crippen molar-refractivity contribution < 1.29 is 13.6 Å². The summed E-state index contributed by atoms with van der Waals surface area (Å²) in [6.07, 6.45) is 0.482. The Kier molecular flexibility index (Phi) is 6.18. The van der Waals surface area contributed by atoms with Gasteiger partial charge in [-0.1, -0.05) is 24.3 Å². The fourth-order valence-corrected chi connectivity index (χ4v) is 4.13. The van der Waals surface area contributed by atoms with Gasteiger partial charge in [0.15, 0.2) is 0 Å². The Hall–Kier alpha value is -2.35. The van der Waals surface area contributed by atoms with Gasteiger partial charge in [0.1, 0.15) is 11.6 Å². The number of carbonyl (C=O) groups excluding carboxylic acids is 1. The van der Waals surface area contributed by atoms with Crippen LogP contribution < -0.4 is 10.9 Å². The van der Waals surface area contributed by atoms with Crippen molar-refractivity contribution in [3.8, 4) is 0 Å². The molecule has 1 amide bonds. The van der Waals surface area contributed by atoms with Crippen LogP contribution in [-0.4, -0.2) is 48.4 Å². The summed E-state index contributed by atoms with van der Waals surface area (Å²) in [6.45, 7) is 4.39. The SMILES string of the molecule is O=C1CCN(CC2CNNC2c2ccc(F)cc2)CCN1Cc1ccc(F)cc1. The van der Waals surface area contributed by atoms with Crippen LogP contribution in [0.1, 0.15) is 23.6 Å². The van der Waals surface area contributed by atoms with Crippen molar-refractivity contribution in [2.45, 2.75) is 19.0 Å². The van der Waals surface area contributed by atoms with E-state index in [-0.39, 0.29) is 23.6 Å². The Bertz CT molecular complexity index is 828. The number of nitrogens with zero attached hydrogens (tertiary/aromatic N) is 2. The third-order valence-corrected chi connectivity index (χ3v) is 5.78. The summed E-state index contributed by atoms with van der Waals surface area (Å²) in [7, 11) is 0. The van der Waals surface area contributed by atoms with Gasteiger partial charge in [0, 0.05) is 51.6 Å². The number of nitrogens with one attached hydrogen (secondary N) is 2. The lowest BCUT2D eigenvalue weighted by molar-refractivity contribution is -0.130. The summed E-state index contributed by atoms with van der Waals surface area (Å²) in [6, 6.07) is 13.1. The fourth-order valence-electron chi connectivity index (χ4n) is 4.13. The third-order valence-electron chi connectivity index (χ3n) is 5.78. The highest BCUT2D eigenvalue weighted by Crippen LogP contribution is 2.26. The molecule has 2 aliphatic rings. The van der Waals surface area contributed by atoms with Crippen molar-refractivity contribution in [2.75, 3.05) is 32.7 Å². The largest absolute Gasteiger partial charge is 0.337 e. The summed E-state index contributed by atoms with van der Waals surface area (Å²) in [5.41, 5.74) is 8.51. The molecule has 2 fully saturated rings. The van der Waals surface area contributed by atoms with Crippen molar-refractivity contribution in [2.24, 2.45) is 5.92 Å². The first kappa shape index (κ1) is 19.9. The van der Waals surface area contributed by atoms with E-state index in [9.17, 15) is 13.6 Å². The van der Waals surface area contributed by atoms with E-state index in [0.29, 0.717) is 25.4 Å². The Morgan fingerprint density at radius 1 is 0.931 bits per heavy atom. The van der Waals surface area contributed by atoms with Crippen LogP contribution >= 0.6 is 0 Å². The highest BCUT2D eigenvalue weighted by Gasteiger charge is 2.31. The van der Waals surface area contributed by atoms with E-state index in [1.165, 1.54) is 24.3 Å². The molecule has 0 aromatic heterocycles. The minimum Gasteiger partial charge on any atom is -0.337 e. The Labute approximate surface area is 169 Å². The van der Waals surface area contributed by atoms with Crippen LogP contribution in [0.25, 0.3) is 0 Å². The molecular weight excluding hydrogens is 374 g/mol. The maximum absolute atomic E-state index is 13.2. The average molecular weight is 400 g/mol. The molecule has 0 aliphatic carbocycles. The monoisotopic (exact) mass is 400 g/mol. The van der Waals surface area contributed by atoms with Crippen LogP contribution in [0, 0.1) is 17.6 Å². The van der Waals surface area contributed by atoms with Gasteiger partial charge in [-0.15, -0.1) is 0 Å². The van der Waals surface area contributed by atoms with Crippen LogP contribution in [0.4, 0.5) is 8.78 Å². The lowest BCUT2D eigenvalue weighted by atomic mass is 9.94. The van der Waals surface area contributed by atoms with Gasteiger partial charge in [0.2, 0.25) is 5.91 Å². The number of halogens is 2. The first-order valence-electron chi connectivity index (χ1n) is 10.1. The Morgan fingerprint density at radius 2 is 1.62 bits per heavy atom. The molecule has 2 N–H and O–H groups in total. The number of hydrazine groups is 1. The molecular formula is C22H26F2N4O. The maximum atomic E-state index is 13.2. The molecule has 0 radical (unpaired) electrons. The molecule has 0 saturated carbocycles. The topological polar surface area (TPSA) is 47.6 Å². The van der Waals surface area contributed by atoms with Gasteiger partial charge in [-0.2, -0.15) is 0 Å². The van der Waals surface area contributed by atoms with Crippen LogP contribution in [0.2, 0.25) is 0 Å². The number of hydrogen-bond donors (Lipinski definition) is 2. The molecule has 5 nitrogen and oxygen atoms in total. The molecule has 0 bridgehead atoms. The zero-order valence-corrected chi connectivity index (χ0v) is 16.3. The van der Waals surface area contributed by atoms with E-state index in [4.69, 9.17) is 0 Å². The molecule has 2 saturated heterocycles. The molecule has 7 heteroatoms. The predicted molar refractivity (Wildman–Crippen MR) is 107 cm³/mol. The molecule has 0 spiro atoms. The normalized spacial score (nSPS) is 23.4. The van der Waals surface area contributed by atoms with E-state index >= 15 is 0 Å². The highest BCUT2D eigenvalue weighted by atomic mass is 19.1. The molecule has 2 unspecified atom stereocenters. The number of amides is 1. The maximum Gasteiger partial charge on any atom is 0.224 e. The Morgan fingerprint density at radius 3 is 2.34 bits per heavy atom. The number of hydrogen-bond acceptors (Lipinski definition) is 4. The van der Waals surface area contributed by atoms with Gasteiger partial charge in [0.05, 0.1) is 6.04 Å². The summed E-state index contributed by atoms with van der Waals surface area (Å²) < 4.78 is 26.3. The molecule has 2 aromatic carbocycles. The van der Waals surface area contributed by atoms with Gasteiger partial charge in [-0.3, -0.25) is 10.2 Å². The zero-order valence-electron chi connectivity index (χ0n) is 16.3. The summed E-state index contributed by atoms with van der Waals surface area (Å²) in [4.78, 5) is 16.7. The van der Waals surface area contributed by atoms with Crippen molar-refractivity contribution in [1.29, 1.82) is 0 Å². The lowest BCUT2D eigenvalue weighted by Crippen LogP contribution is -2.36. The second-order valence-corrected chi connectivity index (χ2v) is 7.81. The van der Waals surface area contributed by atoms with E-state index in [2.05, 4.69) is 15.8 Å². The highest BCUT2D eigenvalue weighted by molar-refractivity contribution is 5.76. The number of benzene rings is 2. The van der Waals surface area contributed by atoms with E-state index in [1.807, 2.05) is 17.0 Å². The summed E-state index contributed by atoms with van der Waals surface area (Å²) >= 11 is 0. The van der Waals surface area contributed by atoms with Gasteiger partial charge in [-0.05, 0) is 35.4 Å². The fraction of sp³-hybridized carbons (Fsp3) is 0.409. The molecule has 154 valence electrons. The molecule has 4 rings (SSSR count). The first-order chi connectivity index (χ1) is 14.1. The standard InChI is InChI=1S/C22H26F2N4O/c23-19-5-1-16(2-6-19)14-28-12-11-27(10-9-21(28)29)15-18-13-25-26-22(18)17-3-7-20(24)8-4-17/h1-8,18,22,25-26H,9-15H2. The van der Waals surface area contributed by atoms with Crippen LogP contribution in [0.5, 0.6) is 0 Å². The molecule has 29 heavy (non-hydrogen) atoms. The van der Waals surface area contributed by atoms with E-state index in [0.717, 1.165) is 37.3 Å². The summed E-state index contributed by atoms with van der Waals surface area (Å²) in [5, 5.41) is 0. The van der Waals surface area contributed by atoms with Crippen molar-refractivity contribution in [3.05, 3.63) is 71.3 Å². The van der Waals surface area contributed by atoms with Crippen LogP contribution in [0.15, 0.2) is 48.5 Å². The predicted octanol–water partition coefficient (Wildman–Crippen LogP) is 2.46. The van der Waals surface area contributed by atoms with Crippen molar-refractivity contribution in [1.82, 2.24) is 20.7 Å². The van der Waals surface area contributed by atoms with Crippen molar-refractivity contribution in [3.63, 3.8) is 0 Å². The van der Waals surface area contributed by atoms with Crippen LogP contribution in [0.3, 0.4) is 0 Å². The van der Waals surface area contributed by atoms with Crippen molar-refractivity contribution >= 4 is 5.91 Å². The lowest BCUT2D eigenvalue weighted by Gasteiger charge is -2.27. The van der Waals surface area contributed by atoms with Gasteiger partial charge in [0.25, 0.3) is 0 Å².